The molecule has 6 nitrogen and oxygen atoms in total. The summed E-state index contributed by atoms with van der Waals surface area (Å²) in [7, 11) is 4.69. The van der Waals surface area contributed by atoms with Gasteiger partial charge in [0.2, 0.25) is 0 Å². The van der Waals surface area contributed by atoms with E-state index >= 15 is 0 Å². The monoisotopic (exact) mass is 388 g/mol. The van der Waals surface area contributed by atoms with Gasteiger partial charge in [0.15, 0.2) is 0 Å². The third-order valence-electron chi connectivity index (χ3n) is 4.67. The van der Waals surface area contributed by atoms with Crippen LogP contribution >= 0.6 is 11.3 Å². The molecule has 0 unspecified atom stereocenters. The van der Waals surface area contributed by atoms with Crippen molar-refractivity contribution in [3.63, 3.8) is 0 Å². The van der Waals surface area contributed by atoms with Gasteiger partial charge in [-0.2, -0.15) is 5.10 Å². The lowest BCUT2D eigenvalue weighted by atomic mass is 9.90. The van der Waals surface area contributed by atoms with E-state index in [4.69, 9.17) is 14.2 Å². The van der Waals surface area contributed by atoms with Crippen LogP contribution in [0.5, 0.6) is 17.2 Å². The van der Waals surface area contributed by atoms with Crippen LogP contribution in [0.4, 0.5) is 0 Å². The number of nitrogens with one attached hydrogen (secondary N) is 1. The van der Waals surface area contributed by atoms with Crippen molar-refractivity contribution in [1.82, 2.24) is 5.43 Å². The lowest BCUT2D eigenvalue weighted by Gasteiger charge is -2.16. The van der Waals surface area contributed by atoms with E-state index in [1.165, 1.54) is 23.1 Å². The predicted octanol–water partition coefficient (Wildman–Crippen LogP) is 3.66. The highest BCUT2D eigenvalue weighted by atomic mass is 32.1. The number of benzene rings is 1. The van der Waals surface area contributed by atoms with Gasteiger partial charge in [0.1, 0.15) is 17.2 Å². The van der Waals surface area contributed by atoms with E-state index in [1.54, 1.807) is 44.8 Å². The Kier molecular flexibility index (Phi) is 6.01. The number of thiophene rings is 1. The minimum absolute atomic E-state index is 0.204. The fourth-order valence-electron chi connectivity index (χ4n) is 3.19. The molecule has 1 amide bonds. The molecular weight excluding hydrogens is 364 g/mol. The minimum Gasteiger partial charge on any atom is -0.496 e. The zero-order valence-electron chi connectivity index (χ0n) is 16.0. The molecule has 0 aliphatic heterocycles. The molecule has 2 aromatic rings. The molecule has 144 valence electrons. The Hall–Kier alpha value is -2.54. The third kappa shape index (κ3) is 4.24. The van der Waals surface area contributed by atoms with Gasteiger partial charge in [0, 0.05) is 17.0 Å². The normalized spacial score (nSPS) is 16.1. The lowest BCUT2D eigenvalue weighted by molar-refractivity contribution is 0.0959. The van der Waals surface area contributed by atoms with Crippen molar-refractivity contribution < 1.29 is 19.0 Å². The van der Waals surface area contributed by atoms with Crippen LogP contribution in [0.15, 0.2) is 23.3 Å². The zero-order chi connectivity index (χ0) is 19.4. The second-order valence-corrected chi connectivity index (χ2v) is 7.69. The van der Waals surface area contributed by atoms with Crippen molar-refractivity contribution in [2.75, 3.05) is 21.3 Å². The lowest BCUT2D eigenvalue weighted by Crippen LogP contribution is -2.16. The Labute approximate surface area is 163 Å². The van der Waals surface area contributed by atoms with Gasteiger partial charge in [-0.05, 0) is 36.8 Å². The van der Waals surface area contributed by atoms with Crippen LogP contribution < -0.4 is 19.6 Å². The summed E-state index contributed by atoms with van der Waals surface area (Å²) in [5.41, 5.74) is 4.52. The molecular formula is C20H24N2O4S. The van der Waals surface area contributed by atoms with E-state index in [9.17, 15) is 4.79 Å². The summed E-state index contributed by atoms with van der Waals surface area (Å²) >= 11 is 1.56. The molecule has 0 saturated heterocycles. The molecule has 0 saturated carbocycles. The Bertz CT molecular complexity index is 835. The summed E-state index contributed by atoms with van der Waals surface area (Å²) in [5, 5.41) is 4.09. The van der Waals surface area contributed by atoms with E-state index in [1.807, 2.05) is 6.07 Å². The van der Waals surface area contributed by atoms with Crippen molar-refractivity contribution in [2.45, 2.75) is 26.2 Å². The average Bonchev–Trinajstić information content (AvgIpc) is 3.10. The van der Waals surface area contributed by atoms with Crippen LogP contribution in [0.1, 0.15) is 39.0 Å². The molecule has 0 radical (unpaired) electrons. The smallest absolute Gasteiger partial charge is 0.281 e. The Balaban J connectivity index is 1.75. The number of fused-ring (bicyclic) bond motifs is 1. The van der Waals surface area contributed by atoms with E-state index < -0.39 is 0 Å². The van der Waals surface area contributed by atoms with Crippen molar-refractivity contribution in [3.8, 4) is 17.2 Å². The third-order valence-corrected chi connectivity index (χ3v) is 5.90. The number of carbonyl (C=O) groups is 1. The Morgan fingerprint density at radius 3 is 2.52 bits per heavy atom. The number of aryl methyl sites for hydroxylation is 1. The van der Waals surface area contributed by atoms with Crippen LogP contribution in [0.3, 0.4) is 0 Å². The van der Waals surface area contributed by atoms with Gasteiger partial charge < -0.3 is 14.2 Å². The number of methoxy groups -OCH3 is 3. The highest BCUT2D eigenvalue weighted by molar-refractivity contribution is 7.14. The molecule has 7 heteroatoms. The molecule has 1 aromatic heterocycles. The summed E-state index contributed by atoms with van der Waals surface area (Å²) in [5.74, 6) is 2.18. The van der Waals surface area contributed by atoms with Gasteiger partial charge in [-0.1, -0.05) is 6.92 Å². The Morgan fingerprint density at radius 1 is 1.19 bits per heavy atom. The number of nitrogens with zero attached hydrogens (tertiary/aromatic N) is 1. The first kappa shape index (κ1) is 19.2. The number of ether oxygens (including phenoxy) is 3. The number of hydrogen-bond acceptors (Lipinski definition) is 6. The van der Waals surface area contributed by atoms with Gasteiger partial charge in [0.25, 0.3) is 5.91 Å². The molecule has 3 rings (SSSR count). The molecule has 27 heavy (non-hydrogen) atoms. The molecule has 1 atom stereocenters. The molecule has 0 spiro atoms. The van der Waals surface area contributed by atoms with E-state index in [-0.39, 0.29) is 5.91 Å². The number of amides is 1. The Morgan fingerprint density at radius 2 is 1.89 bits per heavy atom. The number of rotatable bonds is 6. The van der Waals surface area contributed by atoms with Crippen LogP contribution in [0.2, 0.25) is 0 Å². The van der Waals surface area contributed by atoms with Gasteiger partial charge >= 0.3 is 0 Å². The first-order valence-electron chi connectivity index (χ1n) is 8.80. The second-order valence-electron chi connectivity index (χ2n) is 6.55. The first-order valence-corrected chi connectivity index (χ1v) is 9.62. The maximum absolute atomic E-state index is 12.4. The van der Waals surface area contributed by atoms with E-state index in [0.29, 0.717) is 33.6 Å². The molecule has 1 N–H and O–H groups in total. The fraction of sp³-hybridized carbons (Fsp3) is 0.400. The van der Waals surface area contributed by atoms with Crippen molar-refractivity contribution >= 4 is 23.5 Å². The van der Waals surface area contributed by atoms with Crippen LogP contribution in [0.25, 0.3) is 0 Å². The maximum atomic E-state index is 12.4. The largest absolute Gasteiger partial charge is 0.496 e. The summed E-state index contributed by atoms with van der Waals surface area (Å²) < 4.78 is 16.0. The van der Waals surface area contributed by atoms with Gasteiger partial charge in [-0.3, -0.25) is 4.79 Å². The minimum atomic E-state index is -0.204. The number of carbonyl (C=O) groups excluding carboxylic acids is 1. The van der Waals surface area contributed by atoms with Crippen LogP contribution in [-0.4, -0.2) is 33.5 Å². The summed E-state index contributed by atoms with van der Waals surface area (Å²) in [6.07, 6.45) is 4.80. The molecule has 1 heterocycles. The topological polar surface area (TPSA) is 69.2 Å². The van der Waals surface area contributed by atoms with E-state index in [2.05, 4.69) is 17.5 Å². The summed E-state index contributed by atoms with van der Waals surface area (Å²) in [4.78, 5) is 14.5. The fourth-order valence-corrected chi connectivity index (χ4v) is 4.29. The standard InChI is InChI=1S/C20H24N2O4S/c1-12-5-6-18-13(7-12)8-19(27-18)20(23)22-21-11-15-16(25-3)9-14(24-2)10-17(15)26-4/h8-12H,5-7H2,1-4H3,(H,22,23)/b21-11-/t12-/m1/s1. The van der Waals surface area contributed by atoms with Crippen molar-refractivity contribution in [1.29, 1.82) is 0 Å². The first-order chi connectivity index (χ1) is 13.0. The summed E-state index contributed by atoms with van der Waals surface area (Å²) in [6.45, 7) is 2.25. The van der Waals surface area contributed by atoms with Gasteiger partial charge in [0.05, 0.1) is 38.0 Å². The average molecular weight is 388 g/mol. The summed E-state index contributed by atoms with van der Waals surface area (Å²) in [6, 6.07) is 5.47. The highest BCUT2D eigenvalue weighted by Gasteiger charge is 2.20. The molecule has 1 aliphatic carbocycles. The number of hydrogen-bond donors (Lipinski definition) is 1. The maximum Gasteiger partial charge on any atom is 0.281 e. The SMILES string of the molecule is COc1cc(OC)c(/C=N\NC(=O)c2cc3c(s2)CC[C@@H](C)C3)c(OC)c1. The highest BCUT2D eigenvalue weighted by Crippen LogP contribution is 2.33. The predicted molar refractivity (Wildman–Crippen MR) is 107 cm³/mol. The van der Waals surface area contributed by atoms with Crippen molar-refractivity contribution in [3.05, 3.63) is 39.1 Å². The molecule has 1 aromatic carbocycles. The van der Waals surface area contributed by atoms with E-state index in [0.717, 1.165) is 12.8 Å². The molecule has 0 fully saturated rings. The van der Waals surface area contributed by atoms with Gasteiger partial charge in [-0.15, -0.1) is 11.3 Å². The van der Waals surface area contributed by atoms with Crippen LogP contribution in [0, 0.1) is 5.92 Å². The zero-order valence-corrected chi connectivity index (χ0v) is 16.8. The van der Waals surface area contributed by atoms with Crippen LogP contribution in [-0.2, 0) is 12.8 Å². The number of hydrazone groups is 1. The second kappa shape index (κ2) is 8.43. The van der Waals surface area contributed by atoms with Crippen molar-refractivity contribution in [2.24, 2.45) is 11.0 Å². The van der Waals surface area contributed by atoms with Gasteiger partial charge in [-0.25, -0.2) is 5.43 Å². The molecule has 1 aliphatic rings. The quantitative estimate of drug-likeness (QED) is 0.606. The molecule has 0 bridgehead atoms.